The third-order valence-corrected chi connectivity index (χ3v) is 6.87. The molecule has 3 rings (SSSR count). The summed E-state index contributed by atoms with van der Waals surface area (Å²) in [6, 6.07) is 14.3. The Hall–Kier alpha value is -2.70. The molecule has 1 fully saturated rings. The number of rotatable bonds is 8. The van der Waals surface area contributed by atoms with E-state index in [0.29, 0.717) is 45.1 Å². The number of hydrogen-bond acceptors (Lipinski definition) is 5. The number of benzene rings is 2. The van der Waals surface area contributed by atoms with Crippen LogP contribution >= 0.6 is 0 Å². The summed E-state index contributed by atoms with van der Waals surface area (Å²) in [6.07, 6.45) is 5.46. The molecule has 0 bridgehead atoms. The summed E-state index contributed by atoms with van der Waals surface area (Å²) in [7, 11) is -3.56. The fourth-order valence-corrected chi connectivity index (χ4v) is 4.71. The van der Waals surface area contributed by atoms with Crippen LogP contribution < -0.4 is 5.32 Å². The minimum absolute atomic E-state index is 0.131. The van der Waals surface area contributed by atoms with E-state index in [-0.39, 0.29) is 17.3 Å². The van der Waals surface area contributed by atoms with E-state index in [0.717, 1.165) is 5.56 Å². The smallest absolute Gasteiger partial charge is 0.243 e. The van der Waals surface area contributed by atoms with Gasteiger partial charge in [0.1, 0.15) is 0 Å². The van der Waals surface area contributed by atoms with E-state index in [2.05, 4.69) is 11.2 Å². The molecule has 0 atom stereocenters. The van der Waals surface area contributed by atoms with E-state index in [1.807, 2.05) is 36.1 Å². The number of amides is 1. The van der Waals surface area contributed by atoms with Gasteiger partial charge >= 0.3 is 0 Å². The van der Waals surface area contributed by atoms with Crippen LogP contribution in [0.2, 0.25) is 0 Å². The van der Waals surface area contributed by atoms with Crippen molar-refractivity contribution in [1.82, 2.24) is 9.21 Å². The number of aryl methyl sites for hydroxylation is 1. The first-order valence-corrected chi connectivity index (χ1v) is 11.5. The molecular weight excluding hydrogens is 414 g/mol. The van der Waals surface area contributed by atoms with Gasteiger partial charge in [0.2, 0.25) is 15.9 Å². The molecule has 0 spiro atoms. The highest BCUT2D eigenvalue weighted by Gasteiger charge is 2.26. The number of ether oxygens (including phenoxy) is 1. The Morgan fingerprint density at radius 1 is 1.13 bits per heavy atom. The van der Waals surface area contributed by atoms with E-state index in [4.69, 9.17) is 11.2 Å². The van der Waals surface area contributed by atoms with Crippen LogP contribution in [0, 0.1) is 19.3 Å². The van der Waals surface area contributed by atoms with Crippen molar-refractivity contribution in [3.63, 3.8) is 0 Å². The number of nitrogens with zero attached hydrogens (tertiary/aromatic N) is 2. The topological polar surface area (TPSA) is 79.0 Å². The lowest BCUT2D eigenvalue weighted by atomic mass is 10.1. The summed E-state index contributed by atoms with van der Waals surface area (Å²) in [5.74, 6) is 2.37. The highest BCUT2D eigenvalue weighted by Crippen LogP contribution is 2.19. The van der Waals surface area contributed by atoms with Gasteiger partial charge in [0.15, 0.2) is 0 Å². The molecule has 1 N–H and O–H groups in total. The van der Waals surface area contributed by atoms with Crippen LogP contribution in [0.25, 0.3) is 0 Å². The first kappa shape index (κ1) is 23.0. The molecule has 1 heterocycles. The molecule has 1 aliphatic rings. The lowest BCUT2D eigenvalue weighted by molar-refractivity contribution is -0.117. The Labute approximate surface area is 184 Å². The second-order valence-electron chi connectivity index (χ2n) is 7.42. The summed E-state index contributed by atoms with van der Waals surface area (Å²) >= 11 is 0. The number of morpholine rings is 1. The molecule has 1 amide bonds. The van der Waals surface area contributed by atoms with Gasteiger partial charge in [-0.05, 0) is 36.8 Å². The highest BCUT2D eigenvalue weighted by atomic mass is 32.2. The molecular formula is C23H27N3O4S. The second kappa shape index (κ2) is 10.6. The van der Waals surface area contributed by atoms with Crippen molar-refractivity contribution in [2.24, 2.45) is 0 Å². The van der Waals surface area contributed by atoms with Crippen molar-refractivity contribution < 1.29 is 17.9 Å². The van der Waals surface area contributed by atoms with Crippen LogP contribution in [0.3, 0.4) is 0 Å². The van der Waals surface area contributed by atoms with E-state index in [1.165, 1.54) is 22.0 Å². The van der Waals surface area contributed by atoms with Gasteiger partial charge in [-0.2, -0.15) is 4.31 Å². The molecule has 1 saturated heterocycles. The standard InChI is InChI=1S/C23H27N3O4S/c1-3-12-25(17-20-6-4-19(2)5-7-20)18-23(27)24-21-8-10-22(11-9-21)31(28,29)26-13-15-30-16-14-26/h1,4-11H,12-18H2,2H3,(H,24,27). The summed E-state index contributed by atoms with van der Waals surface area (Å²) in [4.78, 5) is 14.6. The highest BCUT2D eigenvalue weighted by molar-refractivity contribution is 7.89. The molecule has 31 heavy (non-hydrogen) atoms. The molecule has 0 saturated carbocycles. The minimum Gasteiger partial charge on any atom is -0.379 e. The Morgan fingerprint density at radius 3 is 2.39 bits per heavy atom. The lowest BCUT2D eigenvalue weighted by Gasteiger charge is -2.26. The minimum atomic E-state index is -3.56. The summed E-state index contributed by atoms with van der Waals surface area (Å²) in [6.45, 7) is 4.53. The average Bonchev–Trinajstić information content (AvgIpc) is 2.76. The molecule has 0 aromatic heterocycles. The zero-order valence-electron chi connectivity index (χ0n) is 17.6. The fourth-order valence-electron chi connectivity index (χ4n) is 3.30. The first-order chi connectivity index (χ1) is 14.9. The van der Waals surface area contributed by atoms with Crippen molar-refractivity contribution >= 4 is 21.6 Å². The van der Waals surface area contributed by atoms with Gasteiger partial charge in [-0.1, -0.05) is 35.7 Å². The predicted molar refractivity (Wildman–Crippen MR) is 120 cm³/mol. The molecule has 1 aliphatic heterocycles. The van der Waals surface area contributed by atoms with Crippen molar-refractivity contribution in [2.75, 3.05) is 44.7 Å². The number of sulfonamides is 1. The lowest BCUT2D eigenvalue weighted by Crippen LogP contribution is -2.40. The van der Waals surface area contributed by atoms with Gasteiger partial charge < -0.3 is 10.1 Å². The summed E-state index contributed by atoms with van der Waals surface area (Å²) in [5.41, 5.74) is 2.78. The molecule has 0 aliphatic carbocycles. The average molecular weight is 442 g/mol. The molecule has 164 valence electrons. The van der Waals surface area contributed by atoms with Crippen LogP contribution in [0.4, 0.5) is 5.69 Å². The predicted octanol–water partition coefficient (Wildman–Crippen LogP) is 2.09. The molecule has 8 heteroatoms. The van der Waals surface area contributed by atoms with Gasteiger partial charge in [-0.25, -0.2) is 8.42 Å². The number of anilines is 1. The van der Waals surface area contributed by atoms with Gasteiger partial charge in [0.25, 0.3) is 0 Å². The Kier molecular flexibility index (Phi) is 7.82. The maximum Gasteiger partial charge on any atom is 0.243 e. The SMILES string of the molecule is C#CCN(CC(=O)Nc1ccc(S(=O)(=O)N2CCOCC2)cc1)Cc1ccc(C)cc1. The number of terminal acetylenes is 1. The zero-order valence-corrected chi connectivity index (χ0v) is 18.4. The summed E-state index contributed by atoms with van der Waals surface area (Å²) in [5, 5.41) is 2.81. The third-order valence-electron chi connectivity index (χ3n) is 4.95. The van der Waals surface area contributed by atoms with Gasteiger partial charge in [0.05, 0.1) is 31.2 Å². The van der Waals surface area contributed by atoms with Crippen LogP contribution in [-0.4, -0.2) is 62.9 Å². The molecule has 0 unspecified atom stereocenters. The number of carbonyl (C=O) groups is 1. The van der Waals surface area contributed by atoms with Gasteiger partial charge in [0, 0.05) is 25.3 Å². The van der Waals surface area contributed by atoms with E-state index in [9.17, 15) is 13.2 Å². The van der Waals surface area contributed by atoms with Gasteiger partial charge in [-0.15, -0.1) is 6.42 Å². The summed E-state index contributed by atoms with van der Waals surface area (Å²) < 4.78 is 32.0. The van der Waals surface area contributed by atoms with Crippen LogP contribution in [0.5, 0.6) is 0 Å². The van der Waals surface area contributed by atoms with Crippen molar-refractivity contribution in [1.29, 1.82) is 0 Å². The van der Waals surface area contributed by atoms with Crippen LogP contribution in [0.15, 0.2) is 53.4 Å². The Balaban J connectivity index is 1.60. The molecule has 2 aromatic rings. The third kappa shape index (κ3) is 6.39. The van der Waals surface area contributed by atoms with E-state index in [1.54, 1.807) is 12.1 Å². The Bertz CT molecular complexity index is 1020. The van der Waals surface area contributed by atoms with Crippen molar-refractivity contribution in [3.05, 3.63) is 59.7 Å². The Morgan fingerprint density at radius 2 is 1.77 bits per heavy atom. The number of nitrogens with one attached hydrogen (secondary N) is 1. The second-order valence-corrected chi connectivity index (χ2v) is 9.36. The maximum absolute atomic E-state index is 12.7. The molecule has 7 nitrogen and oxygen atoms in total. The van der Waals surface area contributed by atoms with Crippen molar-refractivity contribution in [2.45, 2.75) is 18.4 Å². The van der Waals surface area contributed by atoms with Crippen LogP contribution in [0.1, 0.15) is 11.1 Å². The molecule has 0 radical (unpaired) electrons. The van der Waals surface area contributed by atoms with E-state index >= 15 is 0 Å². The zero-order chi connectivity index (χ0) is 22.3. The monoisotopic (exact) mass is 441 g/mol. The largest absolute Gasteiger partial charge is 0.379 e. The fraction of sp³-hybridized carbons (Fsp3) is 0.348. The first-order valence-electron chi connectivity index (χ1n) is 10.1. The van der Waals surface area contributed by atoms with Crippen LogP contribution in [-0.2, 0) is 26.1 Å². The maximum atomic E-state index is 12.7. The quantitative estimate of drug-likeness (QED) is 0.635. The number of hydrogen-bond donors (Lipinski definition) is 1. The number of carbonyl (C=O) groups excluding carboxylic acids is 1. The normalized spacial score (nSPS) is 14.9. The molecule has 2 aromatic carbocycles. The van der Waals surface area contributed by atoms with Gasteiger partial charge in [-0.3, -0.25) is 9.69 Å². The van der Waals surface area contributed by atoms with E-state index < -0.39 is 10.0 Å². The van der Waals surface area contributed by atoms with Crippen molar-refractivity contribution in [3.8, 4) is 12.3 Å².